The average Bonchev–Trinajstić information content (AvgIpc) is 3.45. The van der Waals surface area contributed by atoms with Crippen LogP contribution in [0.5, 0.6) is 0 Å². The Hall–Kier alpha value is -4.06. The van der Waals surface area contributed by atoms with E-state index in [1.54, 1.807) is 0 Å². The molecule has 0 bridgehead atoms. The van der Waals surface area contributed by atoms with Gasteiger partial charge in [-0.1, -0.05) is 44.2 Å². The average molecular weight is 449 g/mol. The molecular formula is C28H28N6. The molecule has 0 aliphatic carbocycles. The van der Waals surface area contributed by atoms with Crippen LogP contribution >= 0.6 is 0 Å². The van der Waals surface area contributed by atoms with Gasteiger partial charge in [0.25, 0.3) is 0 Å². The second-order valence-corrected chi connectivity index (χ2v) is 8.46. The van der Waals surface area contributed by atoms with Crippen LogP contribution in [0, 0.1) is 13.8 Å². The van der Waals surface area contributed by atoms with Crippen LogP contribution in [0.25, 0.3) is 45.3 Å². The molecule has 0 aliphatic heterocycles. The highest BCUT2D eigenvalue weighted by Gasteiger charge is 2.14. The van der Waals surface area contributed by atoms with Crippen LogP contribution < -0.4 is 0 Å². The maximum absolute atomic E-state index is 4.93. The molecule has 170 valence electrons. The Morgan fingerprint density at radius 3 is 1.41 bits per heavy atom. The molecule has 5 rings (SSSR count). The van der Waals surface area contributed by atoms with E-state index in [0.29, 0.717) is 0 Å². The molecule has 34 heavy (non-hydrogen) atoms. The van der Waals surface area contributed by atoms with Crippen LogP contribution in [0.4, 0.5) is 0 Å². The standard InChI is InChI=1S/C28H28N6/c1-5-21-17(3)27(33-31-21)25-14-8-12-23(29-25)19-10-7-11-20(16-19)24-13-9-15-26(30-24)28-18(4)22(6-2)32-34-28/h7-16H,5-6H2,1-4H3,(H,31,33)(H,32,34). The summed E-state index contributed by atoms with van der Waals surface area (Å²) in [6.45, 7) is 8.43. The first-order valence-electron chi connectivity index (χ1n) is 11.7. The van der Waals surface area contributed by atoms with Gasteiger partial charge in [-0.15, -0.1) is 0 Å². The Balaban J connectivity index is 1.50. The van der Waals surface area contributed by atoms with E-state index in [1.807, 2.05) is 36.4 Å². The van der Waals surface area contributed by atoms with Crippen molar-refractivity contribution in [2.24, 2.45) is 0 Å². The zero-order valence-electron chi connectivity index (χ0n) is 20.0. The number of aryl methyl sites for hydroxylation is 2. The van der Waals surface area contributed by atoms with E-state index in [2.05, 4.69) is 72.4 Å². The van der Waals surface area contributed by atoms with Crippen molar-refractivity contribution in [1.82, 2.24) is 30.4 Å². The van der Waals surface area contributed by atoms with E-state index in [0.717, 1.165) is 80.6 Å². The van der Waals surface area contributed by atoms with Gasteiger partial charge in [0.15, 0.2) is 0 Å². The number of aromatic nitrogens is 6. The smallest absolute Gasteiger partial charge is 0.114 e. The molecule has 2 N–H and O–H groups in total. The van der Waals surface area contributed by atoms with Gasteiger partial charge in [0.1, 0.15) is 11.4 Å². The van der Waals surface area contributed by atoms with Gasteiger partial charge in [-0.25, -0.2) is 9.97 Å². The third-order valence-corrected chi connectivity index (χ3v) is 6.37. The largest absolute Gasteiger partial charge is 0.282 e. The third-order valence-electron chi connectivity index (χ3n) is 6.37. The van der Waals surface area contributed by atoms with Crippen molar-refractivity contribution in [2.45, 2.75) is 40.5 Å². The van der Waals surface area contributed by atoms with Crippen molar-refractivity contribution in [1.29, 1.82) is 0 Å². The molecule has 0 radical (unpaired) electrons. The molecule has 4 heterocycles. The minimum Gasteiger partial charge on any atom is -0.282 e. The van der Waals surface area contributed by atoms with Crippen molar-refractivity contribution in [2.75, 3.05) is 0 Å². The summed E-state index contributed by atoms with van der Waals surface area (Å²) in [5.74, 6) is 0. The van der Waals surface area contributed by atoms with Gasteiger partial charge in [0.05, 0.1) is 22.8 Å². The first-order valence-corrected chi connectivity index (χ1v) is 11.7. The Morgan fingerprint density at radius 2 is 1.00 bits per heavy atom. The predicted octanol–water partition coefficient (Wildman–Crippen LogP) is 6.33. The fraction of sp³-hybridized carbons (Fsp3) is 0.214. The summed E-state index contributed by atoms with van der Waals surface area (Å²) < 4.78 is 0. The van der Waals surface area contributed by atoms with E-state index < -0.39 is 0 Å². The van der Waals surface area contributed by atoms with Crippen molar-refractivity contribution in [3.8, 4) is 45.3 Å². The number of nitrogens with zero attached hydrogens (tertiary/aromatic N) is 4. The summed E-state index contributed by atoms with van der Waals surface area (Å²) >= 11 is 0. The summed E-state index contributed by atoms with van der Waals surface area (Å²) in [7, 11) is 0. The quantitative estimate of drug-likeness (QED) is 0.318. The molecule has 6 heteroatoms. The van der Waals surface area contributed by atoms with Gasteiger partial charge in [0.2, 0.25) is 0 Å². The molecule has 0 unspecified atom stereocenters. The van der Waals surface area contributed by atoms with Gasteiger partial charge in [-0.2, -0.15) is 10.2 Å². The van der Waals surface area contributed by atoms with E-state index >= 15 is 0 Å². The van der Waals surface area contributed by atoms with Crippen LogP contribution in [0.3, 0.4) is 0 Å². The minimum absolute atomic E-state index is 0.872. The lowest BCUT2D eigenvalue weighted by atomic mass is 10.0. The van der Waals surface area contributed by atoms with E-state index in [1.165, 1.54) is 0 Å². The van der Waals surface area contributed by atoms with E-state index in [9.17, 15) is 0 Å². The minimum atomic E-state index is 0.872. The zero-order valence-corrected chi connectivity index (χ0v) is 20.0. The van der Waals surface area contributed by atoms with Gasteiger partial charge >= 0.3 is 0 Å². The zero-order chi connectivity index (χ0) is 23.7. The van der Waals surface area contributed by atoms with E-state index in [-0.39, 0.29) is 0 Å². The molecule has 0 saturated carbocycles. The molecule has 6 nitrogen and oxygen atoms in total. The molecule has 0 spiro atoms. The maximum Gasteiger partial charge on any atom is 0.114 e. The number of benzene rings is 1. The fourth-order valence-electron chi connectivity index (χ4n) is 4.35. The molecule has 0 fully saturated rings. The normalized spacial score (nSPS) is 11.2. The molecule has 5 aromatic rings. The van der Waals surface area contributed by atoms with E-state index in [4.69, 9.17) is 9.97 Å². The Labute approximate surface area is 199 Å². The van der Waals surface area contributed by atoms with Crippen molar-refractivity contribution in [3.63, 3.8) is 0 Å². The Kier molecular flexibility index (Phi) is 5.80. The molecule has 0 amide bonds. The lowest BCUT2D eigenvalue weighted by Gasteiger charge is -2.08. The number of aromatic amines is 2. The molecule has 0 saturated heterocycles. The number of hydrogen-bond acceptors (Lipinski definition) is 4. The van der Waals surface area contributed by atoms with Crippen LogP contribution in [0.1, 0.15) is 36.4 Å². The second-order valence-electron chi connectivity index (χ2n) is 8.46. The van der Waals surface area contributed by atoms with Crippen LogP contribution in [0.2, 0.25) is 0 Å². The summed E-state index contributed by atoms with van der Waals surface area (Å²) in [5.41, 5.74) is 12.1. The monoisotopic (exact) mass is 448 g/mol. The van der Waals surface area contributed by atoms with Gasteiger partial charge in [-0.05, 0) is 68.1 Å². The molecule has 0 atom stereocenters. The first-order chi connectivity index (χ1) is 16.6. The topological polar surface area (TPSA) is 83.1 Å². The molecular weight excluding hydrogens is 420 g/mol. The van der Waals surface area contributed by atoms with Crippen LogP contribution in [-0.2, 0) is 12.8 Å². The van der Waals surface area contributed by atoms with Gasteiger partial charge in [-0.3, -0.25) is 10.2 Å². The number of H-pyrrole nitrogens is 2. The molecule has 0 aliphatic rings. The highest BCUT2D eigenvalue weighted by Crippen LogP contribution is 2.29. The lowest BCUT2D eigenvalue weighted by molar-refractivity contribution is 0.969. The lowest BCUT2D eigenvalue weighted by Crippen LogP contribution is -1.92. The van der Waals surface area contributed by atoms with Crippen molar-refractivity contribution >= 4 is 0 Å². The Morgan fingerprint density at radius 1 is 0.588 bits per heavy atom. The second kappa shape index (κ2) is 9.06. The maximum atomic E-state index is 4.93. The highest BCUT2D eigenvalue weighted by atomic mass is 15.1. The fourth-order valence-corrected chi connectivity index (χ4v) is 4.35. The summed E-state index contributed by atoms with van der Waals surface area (Å²) in [6.07, 6.45) is 1.84. The SMILES string of the molecule is CCc1[nH]nc(-c2cccc(-c3cccc(-c4cccc(-c5n[nH]c(CC)c5C)n4)c3)n2)c1C. The van der Waals surface area contributed by atoms with Crippen LogP contribution in [-0.4, -0.2) is 30.4 Å². The van der Waals surface area contributed by atoms with Crippen molar-refractivity contribution in [3.05, 3.63) is 83.2 Å². The predicted molar refractivity (Wildman–Crippen MR) is 136 cm³/mol. The van der Waals surface area contributed by atoms with Crippen molar-refractivity contribution < 1.29 is 0 Å². The first kappa shape index (κ1) is 21.8. The summed E-state index contributed by atoms with van der Waals surface area (Å²) in [6, 6.07) is 20.5. The number of pyridine rings is 2. The summed E-state index contributed by atoms with van der Waals surface area (Å²) in [4.78, 5) is 9.86. The number of nitrogens with one attached hydrogen (secondary N) is 2. The third kappa shape index (κ3) is 3.92. The van der Waals surface area contributed by atoms with Gasteiger partial charge in [0, 0.05) is 22.5 Å². The van der Waals surface area contributed by atoms with Crippen LogP contribution in [0.15, 0.2) is 60.7 Å². The van der Waals surface area contributed by atoms with Gasteiger partial charge < -0.3 is 0 Å². The number of hydrogen-bond donors (Lipinski definition) is 2. The summed E-state index contributed by atoms with van der Waals surface area (Å²) in [5, 5.41) is 15.3. The molecule has 4 aromatic heterocycles. The number of rotatable bonds is 6. The molecule has 1 aromatic carbocycles. The highest BCUT2D eigenvalue weighted by molar-refractivity contribution is 5.73. The Bertz CT molecular complexity index is 1350.